The molecule has 0 radical (unpaired) electrons. The van der Waals surface area contributed by atoms with Gasteiger partial charge in [-0.3, -0.25) is 0 Å². The molecular formula is C6H7F3NO3S-. The predicted molar refractivity (Wildman–Crippen MR) is 41.8 cm³/mol. The van der Waals surface area contributed by atoms with Gasteiger partial charge in [0.2, 0.25) is 0 Å². The van der Waals surface area contributed by atoms with E-state index in [4.69, 9.17) is 0 Å². The summed E-state index contributed by atoms with van der Waals surface area (Å²) in [5, 5.41) is 10.6. The highest BCUT2D eigenvalue weighted by Gasteiger charge is 2.45. The van der Waals surface area contributed by atoms with Gasteiger partial charge in [0.15, 0.2) is 0 Å². The van der Waals surface area contributed by atoms with E-state index in [0.717, 1.165) is 0 Å². The lowest BCUT2D eigenvalue weighted by Gasteiger charge is -2.09. The first-order valence-corrected chi connectivity index (χ1v) is 4.82. The van der Waals surface area contributed by atoms with Crippen molar-refractivity contribution in [1.29, 1.82) is 0 Å². The van der Waals surface area contributed by atoms with Crippen LogP contribution in [0, 0.1) is 0 Å². The van der Waals surface area contributed by atoms with Crippen LogP contribution in [0.4, 0.5) is 13.2 Å². The van der Waals surface area contributed by atoms with Crippen LogP contribution >= 0.6 is 0 Å². The number of hydrogen-bond donors (Lipinski definition) is 0. The van der Waals surface area contributed by atoms with Crippen LogP contribution in [0.5, 0.6) is 0 Å². The molecule has 82 valence electrons. The van der Waals surface area contributed by atoms with Crippen LogP contribution in [-0.2, 0) is 10.0 Å². The van der Waals surface area contributed by atoms with Crippen molar-refractivity contribution in [3.8, 4) is 0 Å². The predicted octanol–water partition coefficient (Wildman–Crippen LogP) is 0.561. The molecule has 0 aromatic heterocycles. The number of halogens is 3. The Labute approximate surface area is 78.8 Å². The van der Waals surface area contributed by atoms with E-state index < -0.39 is 27.9 Å². The molecule has 0 amide bonds. The molecule has 0 unspecified atom stereocenters. The average molecular weight is 230 g/mol. The lowest BCUT2D eigenvalue weighted by Crippen LogP contribution is -2.26. The Morgan fingerprint density at radius 1 is 1.50 bits per heavy atom. The van der Waals surface area contributed by atoms with E-state index in [-0.39, 0.29) is 6.42 Å². The van der Waals surface area contributed by atoms with Crippen LogP contribution in [0.1, 0.15) is 12.8 Å². The van der Waals surface area contributed by atoms with E-state index >= 15 is 0 Å². The van der Waals surface area contributed by atoms with E-state index in [1.807, 2.05) is 0 Å². The minimum Gasteiger partial charge on any atom is -0.861 e. The van der Waals surface area contributed by atoms with Gasteiger partial charge in [0.1, 0.15) is 0 Å². The van der Waals surface area contributed by atoms with Crippen molar-refractivity contribution in [1.82, 2.24) is 0 Å². The van der Waals surface area contributed by atoms with Gasteiger partial charge in [0.05, 0.1) is 0 Å². The van der Waals surface area contributed by atoms with Gasteiger partial charge >= 0.3 is 15.5 Å². The molecule has 0 heterocycles. The van der Waals surface area contributed by atoms with Crippen LogP contribution in [-0.4, -0.2) is 19.8 Å². The lowest BCUT2D eigenvalue weighted by molar-refractivity contribution is -0.218. The van der Waals surface area contributed by atoms with Crippen LogP contribution < -0.4 is 5.11 Å². The standard InChI is InChI=1S/C6H8F3NO3S/c1-2-3-4-5(11)10-14(12,13)6(7,8)9/h2H,1,3-4H2,(H,10,11)/p-1. The van der Waals surface area contributed by atoms with Crippen molar-refractivity contribution in [3.05, 3.63) is 12.7 Å². The Hall–Kier alpha value is -1.05. The van der Waals surface area contributed by atoms with Crippen LogP contribution in [0.15, 0.2) is 17.1 Å². The summed E-state index contributed by atoms with van der Waals surface area (Å²) in [6.07, 6.45) is 0.947. The number of alkyl halides is 3. The van der Waals surface area contributed by atoms with Gasteiger partial charge < -0.3 is 5.11 Å². The van der Waals surface area contributed by atoms with Crippen molar-refractivity contribution < 1.29 is 26.7 Å². The molecular weight excluding hydrogens is 223 g/mol. The van der Waals surface area contributed by atoms with E-state index in [2.05, 4.69) is 11.0 Å². The number of sulfonamides is 1. The molecule has 4 nitrogen and oxygen atoms in total. The molecule has 0 aliphatic carbocycles. The zero-order chi connectivity index (χ0) is 11.4. The smallest absolute Gasteiger partial charge is 0.518 e. The number of nitrogens with zero attached hydrogens (tertiary/aromatic N) is 1. The summed E-state index contributed by atoms with van der Waals surface area (Å²) in [4.78, 5) is 0. The van der Waals surface area contributed by atoms with Gasteiger partial charge in [0, 0.05) is 0 Å². The second-order valence-electron chi connectivity index (χ2n) is 2.23. The Balaban J connectivity index is 4.73. The maximum absolute atomic E-state index is 11.7. The summed E-state index contributed by atoms with van der Waals surface area (Å²) >= 11 is 0. The fourth-order valence-corrected chi connectivity index (χ4v) is 0.920. The SMILES string of the molecule is C=CCC/C([O-])=N/S(=O)(=O)C(F)(F)F. The monoisotopic (exact) mass is 230 g/mol. The summed E-state index contributed by atoms with van der Waals surface area (Å²) in [6, 6.07) is 0. The first-order valence-electron chi connectivity index (χ1n) is 3.38. The first-order chi connectivity index (χ1) is 6.20. The summed E-state index contributed by atoms with van der Waals surface area (Å²) < 4.78 is 57.6. The molecule has 0 saturated carbocycles. The zero-order valence-electron chi connectivity index (χ0n) is 6.91. The van der Waals surface area contributed by atoms with Crippen LogP contribution in [0.25, 0.3) is 0 Å². The van der Waals surface area contributed by atoms with Crippen molar-refractivity contribution in [2.45, 2.75) is 18.3 Å². The van der Waals surface area contributed by atoms with E-state index in [1.165, 1.54) is 6.08 Å². The molecule has 0 aromatic carbocycles. The third-order valence-corrected chi connectivity index (χ3v) is 2.11. The Morgan fingerprint density at radius 3 is 2.36 bits per heavy atom. The van der Waals surface area contributed by atoms with Crippen LogP contribution in [0.2, 0.25) is 0 Å². The van der Waals surface area contributed by atoms with E-state index in [0.29, 0.717) is 0 Å². The largest absolute Gasteiger partial charge is 0.861 e. The normalized spacial score (nSPS) is 14.1. The first kappa shape index (κ1) is 12.9. The van der Waals surface area contributed by atoms with E-state index in [9.17, 15) is 26.7 Å². The molecule has 0 saturated heterocycles. The van der Waals surface area contributed by atoms with Gasteiger partial charge in [-0.2, -0.15) is 26.0 Å². The van der Waals surface area contributed by atoms with Crippen molar-refractivity contribution in [3.63, 3.8) is 0 Å². The quantitative estimate of drug-likeness (QED) is 0.402. The molecule has 0 bridgehead atoms. The summed E-state index contributed by atoms with van der Waals surface area (Å²) in [5.74, 6) is -1.33. The minimum atomic E-state index is -5.69. The van der Waals surface area contributed by atoms with E-state index in [1.54, 1.807) is 0 Å². The molecule has 0 fully saturated rings. The number of rotatable bonds is 4. The fraction of sp³-hybridized carbons (Fsp3) is 0.500. The molecule has 0 spiro atoms. The molecule has 0 aromatic rings. The highest BCUT2D eigenvalue weighted by atomic mass is 32.2. The summed E-state index contributed by atoms with van der Waals surface area (Å²) in [5.41, 5.74) is -5.52. The Bertz CT molecular complexity index is 331. The van der Waals surface area contributed by atoms with Gasteiger partial charge in [-0.05, 0) is 18.7 Å². The topological polar surface area (TPSA) is 69.6 Å². The third kappa shape index (κ3) is 3.77. The molecule has 0 rings (SSSR count). The maximum atomic E-state index is 11.7. The highest BCUT2D eigenvalue weighted by molar-refractivity contribution is 7.91. The second kappa shape index (κ2) is 4.45. The molecule has 0 N–H and O–H groups in total. The molecule has 8 heteroatoms. The highest BCUT2D eigenvalue weighted by Crippen LogP contribution is 2.24. The van der Waals surface area contributed by atoms with Gasteiger partial charge in [-0.1, -0.05) is 6.08 Å². The molecule has 0 aliphatic rings. The number of allylic oxidation sites excluding steroid dienone is 1. The minimum absolute atomic E-state index is 0.0791. The van der Waals surface area contributed by atoms with Crippen molar-refractivity contribution in [2.24, 2.45) is 4.40 Å². The fourth-order valence-electron chi connectivity index (χ4n) is 0.457. The summed E-state index contributed by atoms with van der Waals surface area (Å²) in [6.45, 7) is 3.21. The third-order valence-electron chi connectivity index (χ3n) is 1.08. The molecule has 0 aliphatic heterocycles. The zero-order valence-corrected chi connectivity index (χ0v) is 7.73. The van der Waals surface area contributed by atoms with Crippen molar-refractivity contribution in [2.75, 3.05) is 0 Å². The Morgan fingerprint density at radius 2 is 2.00 bits per heavy atom. The van der Waals surface area contributed by atoms with Gasteiger partial charge in [-0.15, -0.1) is 6.58 Å². The lowest BCUT2D eigenvalue weighted by atomic mass is 10.3. The second-order valence-corrected chi connectivity index (χ2v) is 3.83. The average Bonchev–Trinajstić information content (AvgIpc) is 1.97. The Kier molecular flexibility index (Phi) is 4.11. The van der Waals surface area contributed by atoms with Gasteiger partial charge in [-0.25, -0.2) is 0 Å². The van der Waals surface area contributed by atoms with Gasteiger partial charge in [0.25, 0.3) is 0 Å². The van der Waals surface area contributed by atoms with Crippen LogP contribution in [0.3, 0.4) is 0 Å². The molecule has 0 atom stereocenters. The molecule has 14 heavy (non-hydrogen) atoms. The maximum Gasteiger partial charge on any atom is 0.518 e. The number of hydrogen-bond acceptors (Lipinski definition) is 3. The summed E-state index contributed by atoms with van der Waals surface area (Å²) in [7, 11) is -5.69. The van der Waals surface area contributed by atoms with Crippen molar-refractivity contribution >= 4 is 15.9 Å².